The van der Waals surface area contributed by atoms with Crippen molar-refractivity contribution >= 4 is 5.91 Å². The van der Waals surface area contributed by atoms with Gasteiger partial charge in [0.2, 0.25) is 5.91 Å². The molecule has 0 bridgehead atoms. The van der Waals surface area contributed by atoms with Crippen molar-refractivity contribution in [2.24, 2.45) is 5.73 Å². The number of amides is 1. The van der Waals surface area contributed by atoms with E-state index in [1.165, 1.54) is 12.8 Å². The van der Waals surface area contributed by atoms with Crippen LogP contribution in [-0.4, -0.2) is 32.1 Å². The van der Waals surface area contributed by atoms with Crippen LogP contribution in [0.4, 0.5) is 0 Å². The standard InChI is InChI=1S/C10H23N3O/c1-3-4-5-8-13-10(14)9(12-2)6-7-11/h9,12H,3-8,11H2,1-2H3,(H,13,14). The molecular formula is C10H23N3O. The molecule has 0 aromatic rings. The highest BCUT2D eigenvalue weighted by atomic mass is 16.2. The molecule has 0 saturated heterocycles. The highest BCUT2D eigenvalue weighted by molar-refractivity contribution is 5.81. The summed E-state index contributed by atoms with van der Waals surface area (Å²) in [4.78, 5) is 11.5. The molecule has 0 fully saturated rings. The van der Waals surface area contributed by atoms with Gasteiger partial charge in [0.05, 0.1) is 6.04 Å². The molecule has 0 aromatic carbocycles. The van der Waals surface area contributed by atoms with Crippen LogP contribution >= 0.6 is 0 Å². The van der Waals surface area contributed by atoms with E-state index in [9.17, 15) is 4.79 Å². The maximum absolute atomic E-state index is 11.5. The van der Waals surface area contributed by atoms with E-state index in [1.54, 1.807) is 7.05 Å². The lowest BCUT2D eigenvalue weighted by Crippen LogP contribution is -2.44. The lowest BCUT2D eigenvalue weighted by atomic mass is 10.2. The highest BCUT2D eigenvalue weighted by Crippen LogP contribution is 1.93. The van der Waals surface area contributed by atoms with E-state index >= 15 is 0 Å². The summed E-state index contributed by atoms with van der Waals surface area (Å²) < 4.78 is 0. The summed E-state index contributed by atoms with van der Waals surface area (Å²) in [6, 6.07) is -0.137. The smallest absolute Gasteiger partial charge is 0.237 e. The Balaban J connectivity index is 3.58. The van der Waals surface area contributed by atoms with Crippen LogP contribution in [0.1, 0.15) is 32.6 Å². The quantitative estimate of drug-likeness (QED) is 0.492. The van der Waals surface area contributed by atoms with Gasteiger partial charge in [-0.1, -0.05) is 19.8 Å². The van der Waals surface area contributed by atoms with E-state index in [4.69, 9.17) is 5.73 Å². The predicted octanol–water partition coefficient (Wildman–Crippen LogP) is 0.230. The molecule has 0 heterocycles. The second-order valence-corrected chi connectivity index (χ2v) is 3.42. The minimum Gasteiger partial charge on any atom is -0.355 e. The Labute approximate surface area is 86.6 Å². The number of unbranched alkanes of at least 4 members (excludes halogenated alkanes) is 2. The number of hydrogen-bond acceptors (Lipinski definition) is 3. The predicted molar refractivity (Wildman–Crippen MR) is 59.1 cm³/mol. The Morgan fingerprint density at radius 2 is 2.14 bits per heavy atom. The van der Waals surface area contributed by atoms with Gasteiger partial charge >= 0.3 is 0 Å². The number of carbonyl (C=O) groups excluding carboxylic acids is 1. The van der Waals surface area contributed by atoms with Gasteiger partial charge in [0, 0.05) is 6.54 Å². The van der Waals surface area contributed by atoms with Crippen LogP contribution in [0, 0.1) is 0 Å². The molecular weight excluding hydrogens is 178 g/mol. The van der Waals surface area contributed by atoms with Gasteiger partial charge < -0.3 is 16.4 Å². The van der Waals surface area contributed by atoms with E-state index in [2.05, 4.69) is 17.6 Å². The lowest BCUT2D eigenvalue weighted by Gasteiger charge is -2.14. The Hall–Kier alpha value is -0.610. The van der Waals surface area contributed by atoms with Crippen LogP contribution in [0.25, 0.3) is 0 Å². The molecule has 0 aliphatic heterocycles. The van der Waals surface area contributed by atoms with Gasteiger partial charge in [-0.05, 0) is 26.4 Å². The molecule has 0 rings (SSSR count). The SMILES string of the molecule is CCCCCNC(=O)C(CCN)NC. The molecule has 4 heteroatoms. The zero-order valence-electron chi connectivity index (χ0n) is 9.31. The van der Waals surface area contributed by atoms with E-state index in [-0.39, 0.29) is 11.9 Å². The summed E-state index contributed by atoms with van der Waals surface area (Å²) in [6.45, 7) is 3.45. The molecule has 0 saturated carbocycles. The minimum atomic E-state index is -0.137. The normalized spacial score (nSPS) is 12.5. The highest BCUT2D eigenvalue weighted by Gasteiger charge is 2.13. The van der Waals surface area contributed by atoms with Gasteiger partial charge in [-0.3, -0.25) is 4.79 Å². The Morgan fingerprint density at radius 3 is 2.64 bits per heavy atom. The van der Waals surface area contributed by atoms with Gasteiger partial charge in [-0.25, -0.2) is 0 Å². The summed E-state index contributed by atoms with van der Waals surface area (Å²) >= 11 is 0. The number of carbonyl (C=O) groups is 1. The molecule has 1 amide bonds. The molecule has 0 aliphatic rings. The monoisotopic (exact) mass is 201 g/mol. The van der Waals surface area contributed by atoms with Gasteiger partial charge in [0.15, 0.2) is 0 Å². The summed E-state index contributed by atoms with van der Waals surface area (Å²) in [5, 5.41) is 5.85. The molecule has 1 unspecified atom stereocenters. The largest absolute Gasteiger partial charge is 0.355 e. The third kappa shape index (κ3) is 5.94. The zero-order valence-corrected chi connectivity index (χ0v) is 9.31. The Kier molecular flexibility index (Phi) is 8.57. The number of rotatable bonds is 8. The fourth-order valence-electron chi connectivity index (χ4n) is 1.28. The van der Waals surface area contributed by atoms with E-state index in [1.807, 2.05) is 0 Å². The van der Waals surface area contributed by atoms with Crippen molar-refractivity contribution in [2.45, 2.75) is 38.6 Å². The molecule has 14 heavy (non-hydrogen) atoms. The lowest BCUT2D eigenvalue weighted by molar-refractivity contribution is -0.123. The number of likely N-dealkylation sites (N-methyl/N-ethyl adjacent to an activating group) is 1. The maximum atomic E-state index is 11.5. The summed E-state index contributed by atoms with van der Waals surface area (Å²) in [5.41, 5.74) is 5.40. The molecule has 0 spiro atoms. The summed E-state index contributed by atoms with van der Waals surface area (Å²) in [5.74, 6) is 0.0639. The minimum absolute atomic E-state index is 0.0639. The first-order chi connectivity index (χ1) is 6.76. The van der Waals surface area contributed by atoms with E-state index in [0.29, 0.717) is 13.0 Å². The fourth-order valence-corrected chi connectivity index (χ4v) is 1.28. The van der Waals surface area contributed by atoms with Crippen LogP contribution in [0.5, 0.6) is 0 Å². The van der Waals surface area contributed by atoms with Crippen LogP contribution in [0.2, 0.25) is 0 Å². The molecule has 4 nitrogen and oxygen atoms in total. The fraction of sp³-hybridized carbons (Fsp3) is 0.900. The van der Waals surface area contributed by atoms with E-state index in [0.717, 1.165) is 13.0 Å². The van der Waals surface area contributed by atoms with Gasteiger partial charge in [0.1, 0.15) is 0 Å². The maximum Gasteiger partial charge on any atom is 0.237 e. The topological polar surface area (TPSA) is 67.2 Å². The van der Waals surface area contributed by atoms with E-state index < -0.39 is 0 Å². The van der Waals surface area contributed by atoms with Crippen molar-refractivity contribution in [3.63, 3.8) is 0 Å². The summed E-state index contributed by atoms with van der Waals surface area (Å²) in [6.07, 6.45) is 4.09. The molecule has 0 aromatic heterocycles. The van der Waals surface area contributed by atoms with Crippen molar-refractivity contribution in [3.05, 3.63) is 0 Å². The third-order valence-electron chi connectivity index (χ3n) is 2.20. The summed E-state index contributed by atoms with van der Waals surface area (Å²) in [7, 11) is 1.78. The van der Waals surface area contributed by atoms with Gasteiger partial charge in [-0.2, -0.15) is 0 Å². The molecule has 0 radical (unpaired) electrons. The van der Waals surface area contributed by atoms with Crippen LogP contribution in [0.3, 0.4) is 0 Å². The second-order valence-electron chi connectivity index (χ2n) is 3.42. The average Bonchev–Trinajstić information content (AvgIpc) is 2.20. The molecule has 0 aliphatic carbocycles. The second kappa shape index (κ2) is 8.97. The first-order valence-corrected chi connectivity index (χ1v) is 5.41. The van der Waals surface area contributed by atoms with Crippen molar-refractivity contribution in [2.75, 3.05) is 20.1 Å². The van der Waals surface area contributed by atoms with Crippen molar-refractivity contribution < 1.29 is 4.79 Å². The van der Waals surface area contributed by atoms with Crippen molar-refractivity contribution in [3.8, 4) is 0 Å². The van der Waals surface area contributed by atoms with Crippen molar-refractivity contribution in [1.29, 1.82) is 0 Å². The van der Waals surface area contributed by atoms with Crippen LogP contribution < -0.4 is 16.4 Å². The zero-order chi connectivity index (χ0) is 10.8. The molecule has 84 valence electrons. The first-order valence-electron chi connectivity index (χ1n) is 5.41. The molecule has 1 atom stereocenters. The Morgan fingerprint density at radius 1 is 1.43 bits per heavy atom. The van der Waals surface area contributed by atoms with Crippen LogP contribution in [-0.2, 0) is 4.79 Å². The molecule has 4 N–H and O–H groups in total. The third-order valence-corrected chi connectivity index (χ3v) is 2.20. The average molecular weight is 201 g/mol. The number of hydrogen-bond donors (Lipinski definition) is 3. The Bertz CT molecular complexity index is 150. The number of nitrogens with two attached hydrogens (primary N) is 1. The number of nitrogens with one attached hydrogen (secondary N) is 2. The van der Waals surface area contributed by atoms with Gasteiger partial charge in [-0.15, -0.1) is 0 Å². The van der Waals surface area contributed by atoms with Crippen LogP contribution in [0.15, 0.2) is 0 Å². The van der Waals surface area contributed by atoms with Gasteiger partial charge in [0.25, 0.3) is 0 Å². The van der Waals surface area contributed by atoms with Crippen molar-refractivity contribution in [1.82, 2.24) is 10.6 Å². The first kappa shape index (κ1) is 13.4.